The molecule has 8 heteroatoms. The number of nitrogens with one attached hydrogen (secondary N) is 1. The molecule has 45 heavy (non-hydrogen) atoms. The first kappa shape index (κ1) is 30.1. The highest BCUT2D eigenvalue weighted by Crippen LogP contribution is 2.44. The van der Waals surface area contributed by atoms with Gasteiger partial charge in [0.05, 0.1) is 6.42 Å². The Morgan fingerprint density at radius 3 is 2.02 bits per heavy atom. The largest absolute Gasteiger partial charge is 0.481 e. The normalized spacial score (nSPS) is 17.3. The second-order valence-electron chi connectivity index (χ2n) is 11.8. The summed E-state index contributed by atoms with van der Waals surface area (Å²) in [6, 6.07) is 35.8. The molecule has 0 radical (unpaired) electrons. The molecule has 1 fully saturated rings. The second kappa shape index (κ2) is 13.4. The molecular formula is C37H37N3O5. The van der Waals surface area contributed by atoms with Gasteiger partial charge in [0.1, 0.15) is 12.1 Å². The average Bonchev–Trinajstić information content (AvgIpc) is 3.61. The quantitative estimate of drug-likeness (QED) is 0.229. The zero-order valence-electron chi connectivity index (χ0n) is 25.1. The number of hydrogen-bond acceptors (Lipinski definition) is 5. The van der Waals surface area contributed by atoms with E-state index in [1.165, 1.54) is 0 Å². The second-order valence-corrected chi connectivity index (χ2v) is 11.8. The SMILES string of the molecule is O=C(O)CCN(Cc1ccccc1)C(=O)C1(NC(=O)OCC2c3ccccc3-c3ccccc32)CCN(Cc2ccccc2)C1. The molecule has 2 N–H and O–H groups in total. The minimum atomic E-state index is -1.27. The Morgan fingerprint density at radius 2 is 1.40 bits per heavy atom. The zero-order chi connectivity index (χ0) is 31.2. The van der Waals surface area contributed by atoms with Crippen molar-refractivity contribution in [3.05, 3.63) is 131 Å². The van der Waals surface area contributed by atoms with Crippen molar-refractivity contribution in [3.8, 4) is 11.1 Å². The van der Waals surface area contributed by atoms with Crippen molar-refractivity contribution in [1.82, 2.24) is 15.1 Å². The van der Waals surface area contributed by atoms with Crippen molar-refractivity contribution in [1.29, 1.82) is 0 Å². The van der Waals surface area contributed by atoms with Crippen LogP contribution < -0.4 is 5.32 Å². The van der Waals surface area contributed by atoms with Gasteiger partial charge in [0, 0.05) is 38.6 Å². The number of hydrogen-bond donors (Lipinski definition) is 2. The molecule has 1 aliphatic heterocycles. The Labute approximate surface area is 263 Å². The van der Waals surface area contributed by atoms with Gasteiger partial charge in [-0.3, -0.25) is 14.5 Å². The molecule has 1 atom stereocenters. The van der Waals surface area contributed by atoms with E-state index in [2.05, 4.69) is 34.5 Å². The summed E-state index contributed by atoms with van der Waals surface area (Å²) in [5, 5.41) is 12.5. The number of nitrogens with zero attached hydrogens (tertiary/aromatic N) is 2. The molecule has 230 valence electrons. The first-order valence-corrected chi connectivity index (χ1v) is 15.4. The van der Waals surface area contributed by atoms with E-state index in [1.807, 2.05) is 84.9 Å². The van der Waals surface area contributed by atoms with Crippen molar-refractivity contribution in [2.45, 2.75) is 37.4 Å². The van der Waals surface area contributed by atoms with Gasteiger partial charge in [-0.2, -0.15) is 0 Å². The molecule has 2 aliphatic rings. The molecular weight excluding hydrogens is 566 g/mol. The first-order valence-electron chi connectivity index (χ1n) is 15.4. The van der Waals surface area contributed by atoms with Gasteiger partial charge in [0.2, 0.25) is 5.91 Å². The van der Waals surface area contributed by atoms with Crippen LogP contribution in [0.4, 0.5) is 4.79 Å². The topological polar surface area (TPSA) is 99.2 Å². The molecule has 4 aromatic rings. The van der Waals surface area contributed by atoms with Gasteiger partial charge in [-0.05, 0) is 39.8 Å². The molecule has 0 bridgehead atoms. The molecule has 1 saturated heterocycles. The lowest BCUT2D eigenvalue weighted by Crippen LogP contribution is -2.61. The number of aliphatic carboxylic acids is 1. The number of benzene rings is 4. The Balaban J connectivity index is 1.23. The maximum absolute atomic E-state index is 14.4. The highest BCUT2D eigenvalue weighted by molar-refractivity contribution is 5.91. The smallest absolute Gasteiger partial charge is 0.408 e. The molecule has 2 amide bonds. The summed E-state index contributed by atoms with van der Waals surface area (Å²) in [7, 11) is 0. The van der Waals surface area contributed by atoms with E-state index in [0.717, 1.165) is 33.4 Å². The number of amides is 2. The number of carboxylic acid groups (broad SMARTS) is 1. The predicted molar refractivity (Wildman–Crippen MR) is 171 cm³/mol. The van der Waals surface area contributed by atoms with E-state index in [-0.39, 0.29) is 44.5 Å². The van der Waals surface area contributed by atoms with E-state index in [0.29, 0.717) is 19.5 Å². The number of alkyl carbamates (subject to hydrolysis) is 1. The maximum Gasteiger partial charge on any atom is 0.408 e. The van der Waals surface area contributed by atoms with Crippen molar-refractivity contribution >= 4 is 18.0 Å². The highest BCUT2D eigenvalue weighted by atomic mass is 16.5. The van der Waals surface area contributed by atoms with Crippen LogP contribution in [-0.2, 0) is 27.4 Å². The van der Waals surface area contributed by atoms with E-state index in [9.17, 15) is 19.5 Å². The first-order chi connectivity index (χ1) is 21.9. The number of carboxylic acids is 1. The molecule has 1 heterocycles. The maximum atomic E-state index is 14.4. The summed E-state index contributed by atoms with van der Waals surface area (Å²) in [5.74, 6) is -1.41. The summed E-state index contributed by atoms with van der Waals surface area (Å²) in [5.41, 5.74) is 5.20. The number of carbonyl (C=O) groups is 3. The molecule has 8 nitrogen and oxygen atoms in total. The van der Waals surface area contributed by atoms with Crippen molar-refractivity contribution in [2.24, 2.45) is 0 Å². The summed E-state index contributed by atoms with van der Waals surface area (Å²) < 4.78 is 5.89. The van der Waals surface area contributed by atoms with Crippen molar-refractivity contribution in [3.63, 3.8) is 0 Å². The number of carbonyl (C=O) groups excluding carboxylic acids is 2. The number of likely N-dealkylation sites (tertiary alicyclic amines) is 1. The summed E-state index contributed by atoms with van der Waals surface area (Å²) >= 11 is 0. The third-order valence-corrected chi connectivity index (χ3v) is 8.79. The van der Waals surface area contributed by atoms with Crippen LogP contribution in [-0.4, -0.2) is 64.7 Å². The number of fused-ring (bicyclic) bond motifs is 3. The average molecular weight is 604 g/mol. The van der Waals surface area contributed by atoms with Crippen LogP contribution in [0, 0.1) is 0 Å². The van der Waals surface area contributed by atoms with Gasteiger partial charge < -0.3 is 20.1 Å². The summed E-state index contributed by atoms with van der Waals surface area (Å²) in [6.07, 6.45) is -0.487. The van der Waals surface area contributed by atoms with Gasteiger partial charge in [-0.25, -0.2) is 4.79 Å². The summed E-state index contributed by atoms with van der Waals surface area (Å²) in [6.45, 7) is 1.88. The Kier molecular flexibility index (Phi) is 8.93. The third kappa shape index (κ3) is 6.76. The third-order valence-electron chi connectivity index (χ3n) is 8.79. The Bertz CT molecular complexity index is 1620. The zero-order valence-corrected chi connectivity index (χ0v) is 25.1. The molecule has 0 saturated carbocycles. The fraction of sp³-hybridized carbons (Fsp3) is 0.270. The minimum Gasteiger partial charge on any atom is -0.481 e. The van der Waals surface area contributed by atoms with Crippen LogP contribution in [0.5, 0.6) is 0 Å². The van der Waals surface area contributed by atoms with Crippen molar-refractivity contribution < 1.29 is 24.2 Å². The fourth-order valence-electron chi connectivity index (χ4n) is 6.61. The monoisotopic (exact) mass is 603 g/mol. The van der Waals surface area contributed by atoms with E-state index >= 15 is 0 Å². The van der Waals surface area contributed by atoms with Crippen LogP contribution in [0.3, 0.4) is 0 Å². The number of rotatable bonds is 11. The Hall–Kier alpha value is -4.95. The van der Waals surface area contributed by atoms with E-state index < -0.39 is 17.6 Å². The lowest BCUT2D eigenvalue weighted by atomic mass is 9.95. The molecule has 0 aromatic heterocycles. The van der Waals surface area contributed by atoms with Crippen LogP contribution in [0.2, 0.25) is 0 Å². The van der Waals surface area contributed by atoms with E-state index in [1.54, 1.807) is 4.90 Å². The molecule has 0 spiro atoms. The van der Waals surface area contributed by atoms with Crippen molar-refractivity contribution in [2.75, 3.05) is 26.2 Å². The number of ether oxygens (including phenoxy) is 1. The van der Waals surface area contributed by atoms with Gasteiger partial charge in [-0.15, -0.1) is 0 Å². The van der Waals surface area contributed by atoms with E-state index in [4.69, 9.17) is 4.74 Å². The van der Waals surface area contributed by atoms with Gasteiger partial charge in [0.15, 0.2) is 0 Å². The van der Waals surface area contributed by atoms with Crippen LogP contribution in [0.15, 0.2) is 109 Å². The lowest BCUT2D eigenvalue weighted by molar-refractivity contribution is -0.141. The fourth-order valence-corrected chi connectivity index (χ4v) is 6.61. The highest BCUT2D eigenvalue weighted by Gasteiger charge is 2.48. The van der Waals surface area contributed by atoms with Gasteiger partial charge in [0.25, 0.3) is 0 Å². The minimum absolute atomic E-state index is 0.0237. The molecule has 6 rings (SSSR count). The standard InChI is InChI=1S/C37H37N3O5/c41-34(42)19-21-40(24-28-13-5-2-6-14-28)35(43)37(20-22-39(26-37)23-27-11-3-1-4-12-27)38-36(44)45-25-33-31-17-9-7-15-29(31)30-16-8-10-18-32(30)33/h1-18,33H,19-26H2,(H,38,44)(H,41,42). The van der Waals surface area contributed by atoms with Gasteiger partial charge >= 0.3 is 12.1 Å². The predicted octanol–water partition coefficient (Wildman–Crippen LogP) is 5.67. The van der Waals surface area contributed by atoms with Crippen LogP contribution in [0.1, 0.15) is 41.0 Å². The molecule has 1 aliphatic carbocycles. The molecule has 4 aromatic carbocycles. The summed E-state index contributed by atoms with van der Waals surface area (Å²) in [4.78, 5) is 43.3. The lowest BCUT2D eigenvalue weighted by Gasteiger charge is -2.35. The van der Waals surface area contributed by atoms with Crippen LogP contribution >= 0.6 is 0 Å². The molecule has 1 unspecified atom stereocenters. The van der Waals surface area contributed by atoms with Gasteiger partial charge in [-0.1, -0.05) is 109 Å². The van der Waals surface area contributed by atoms with Crippen LogP contribution in [0.25, 0.3) is 11.1 Å². The Morgan fingerprint density at radius 1 is 0.822 bits per heavy atom.